The molecule has 2 aliphatic heterocycles. The van der Waals surface area contributed by atoms with E-state index in [-0.39, 0.29) is 24.3 Å². The van der Waals surface area contributed by atoms with Gasteiger partial charge >= 0.3 is 0 Å². The van der Waals surface area contributed by atoms with Gasteiger partial charge in [0, 0.05) is 29.4 Å². The van der Waals surface area contributed by atoms with E-state index in [0.29, 0.717) is 33.6 Å². The minimum absolute atomic E-state index is 0.203. The highest BCUT2D eigenvalue weighted by Crippen LogP contribution is 2.44. The Morgan fingerprint density at radius 2 is 1.52 bits per heavy atom. The number of para-hydroxylation sites is 1. The van der Waals surface area contributed by atoms with Crippen LogP contribution in [0.15, 0.2) is 72.8 Å². The van der Waals surface area contributed by atoms with Crippen LogP contribution >= 0.6 is 0 Å². The van der Waals surface area contributed by atoms with E-state index in [2.05, 4.69) is 10.6 Å². The number of rotatable bonds is 4. The molecule has 1 atom stereocenters. The van der Waals surface area contributed by atoms with Gasteiger partial charge in [-0.25, -0.2) is 0 Å². The van der Waals surface area contributed by atoms with Crippen LogP contribution < -0.4 is 15.5 Å². The Morgan fingerprint density at radius 3 is 2.24 bits per heavy atom. The molecular weight excluding hydrogens is 420 g/mol. The molecular formula is C25H20N4O4. The molecule has 2 heterocycles. The summed E-state index contributed by atoms with van der Waals surface area (Å²) in [6.07, 6.45) is -0.697. The van der Waals surface area contributed by atoms with Gasteiger partial charge in [0.15, 0.2) is 0 Å². The predicted molar refractivity (Wildman–Crippen MR) is 122 cm³/mol. The van der Waals surface area contributed by atoms with Crippen LogP contribution in [0.3, 0.4) is 0 Å². The summed E-state index contributed by atoms with van der Waals surface area (Å²) in [5.74, 6) is -1.16. The molecule has 33 heavy (non-hydrogen) atoms. The van der Waals surface area contributed by atoms with Crippen molar-refractivity contribution in [2.24, 2.45) is 0 Å². The van der Waals surface area contributed by atoms with Crippen LogP contribution in [0.4, 0.5) is 11.4 Å². The Morgan fingerprint density at radius 1 is 0.848 bits per heavy atom. The molecule has 2 aliphatic rings. The second kappa shape index (κ2) is 7.90. The molecule has 0 saturated carbocycles. The van der Waals surface area contributed by atoms with Gasteiger partial charge < -0.3 is 15.5 Å². The largest absolute Gasteiger partial charge is 0.355 e. The van der Waals surface area contributed by atoms with Gasteiger partial charge in [-0.15, -0.1) is 0 Å². The fourth-order valence-electron chi connectivity index (χ4n) is 4.34. The smallest absolute Gasteiger partial charge is 0.260 e. The molecule has 0 unspecified atom stereocenters. The minimum atomic E-state index is -0.697. The van der Waals surface area contributed by atoms with E-state index in [0.717, 1.165) is 0 Å². The van der Waals surface area contributed by atoms with Gasteiger partial charge in [-0.05, 0) is 42.5 Å². The van der Waals surface area contributed by atoms with E-state index in [1.807, 2.05) is 12.1 Å². The highest BCUT2D eigenvalue weighted by molar-refractivity contribution is 6.17. The lowest BCUT2D eigenvalue weighted by atomic mass is 10.0. The fourth-order valence-corrected chi connectivity index (χ4v) is 4.34. The molecule has 0 bridgehead atoms. The summed E-state index contributed by atoms with van der Waals surface area (Å²) in [6.45, 7) is -0.243. The van der Waals surface area contributed by atoms with Crippen molar-refractivity contribution in [1.82, 2.24) is 10.2 Å². The van der Waals surface area contributed by atoms with Crippen molar-refractivity contribution < 1.29 is 19.2 Å². The SMILES string of the molecule is CNC(=O)c1ccc(NC(=O)CN2C(=O)c3ccccc3N3C(=O)c4ccccc4[C@H]23)cc1. The summed E-state index contributed by atoms with van der Waals surface area (Å²) in [4.78, 5) is 54.2. The van der Waals surface area contributed by atoms with Gasteiger partial charge in [0.2, 0.25) is 5.91 Å². The first-order valence-corrected chi connectivity index (χ1v) is 10.4. The van der Waals surface area contributed by atoms with E-state index in [9.17, 15) is 19.2 Å². The molecule has 164 valence electrons. The second-order valence-corrected chi connectivity index (χ2v) is 7.79. The zero-order valence-electron chi connectivity index (χ0n) is 17.7. The normalized spacial score (nSPS) is 16.1. The summed E-state index contributed by atoms with van der Waals surface area (Å²) in [5, 5.41) is 5.30. The Hall–Kier alpha value is -4.46. The molecule has 0 radical (unpaired) electrons. The Kier molecular flexibility index (Phi) is 4.90. The van der Waals surface area contributed by atoms with Gasteiger partial charge in [-0.2, -0.15) is 0 Å². The molecule has 2 N–H and O–H groups in total. The van der Waals surface area contributed by atoms with Gasteiger partial charge in [-0.1, -0.05) is 30.3 Å². The van der Waals surface area contributed by atoms with Gasteiger partial charge in [0.25, 0.3) is 17.7 Å². The molecule has 8 nitrogen and oxygen atoms in total. The monoisotopic (exact) mass is 440 g/mol. The van der Waals surface area contributed by atoms with E-state index >= 15 is 0 Å². The summed E-state index contributed by atoms with van der Waals surface area (Å²) < 4.78 is 0. The maximum absolute atomic E-state index is 13.4. The van der Waals surface area contributed by atoms with Crippen molar-refractivity contribution in [3.63, 3.8) is 0 Å². The zero-order valence-corrected chi connectivity index (χ0v) is 17.7. The Bertz CT molecular complexity index is 1300. The first-order valence-electron chi connectivity index (χ1n) is 10.4. The van der Waals surface area contributed by atoms with Crippen LogP contribution in [0.2, 0.25) is 0 Å². The van der Waals surface area contributed by atoms with Gasteiger partial charge in [0.1, 0.15) is 12.7 Å². The van der Waals surface area contributed by atoms with Crippen molar-refractivity contribution in [3.8, 4) is 0 Å². The summed E-state index contributed by atoms with van der Waals surface area (Å²) in [6, 6.07) is 20.5. The van der Waals surface area contributed by atoms with Crippen molar-refractivity contribution in [3.05, 3.63) is 95.1 Å². The first-order chi connectivity index (χ1) is 16.0. The van der Waals surface area contributed by atoms with Crippen molar-refractivity contribution in [1.29, 1.82) is 0 Å². The number of nitrogens with zero attached hydrogens (tertiary/aromatic N) is 2. The van der Waals surface area contributed by atoms with E-state index in [1.54, 1.807) is 72.6 Å². The molecule has 5 rings (SSSR count). The molecule has 3 aromatic carbocycles. The van der Waals surface area contributed by atoms with Crippen molar-refractivity contribution >= 4 is 35.0 Å². The lowest BCUT2D eigenvalue weighted by Crippen LogP contribution is -2.50. The lowest BCUT2D eigenvalue weighted by molar-refractivity contribution is -0.117. The molecule has 3 aromatic rings. The maximum Gasteiger partial charge on any atom is 0.260 e. The standard InChI is InChI=1S/C25H20N4O4/c1-26-22(31)15-10-12-16(13-11-15)27-21(30)14-28-23-17-6-2-3-7-18(17)25(33)29(23)20-9-5-4-8-19(20)24(28)32/h2-13,23H,14H2,1H3,(H,26,31)(H,27,30)/t23-/m1/s1. The number of carbonyl (C=O) groups excluding carboxylic acids is 4. The van der Waals surface area contributed by atoms with E-state index in [4.69, 9.17) is 0 Å². The van der Waals surface area contributed by atoms with Crippen LogP contribution in [-0.4, -0.2) is 42.1 Å². The molecule has 0 fully saturated rings. The first kappa shape index (κ1) is 20.4. The number of hydrogen-bond donors (Lipinski definition) is 2. The predicted octanol–water partition coefficient (Wildman–Crippen LogP) is 2.80. The summed E-state index contributed by atoms with van der Waals surface area (Å²) in [7, 11) is 1.54. The topological polar surface area (TPSA) is 98.8 Å². The summed E-state index contributed by atoms with van der Waals surface area (Å²) >= 11 is 0. The summed E-state index contributed by atoms with van der Waals surface area (Å²) in [5.41, 5.74) is 3.08. The minimum Gasteiger partial charge on any atom is -0.355 e. The number of benzene rings is 3. The molecule has 0 saturated heterocycles. The number of anilines is 2. The van der Waals surface area contributed by atoms with E-state index < -0.39 is 12.1 Å². The van der Waals surface area contributed by atoms with Gasteiger partial charge in [0.05, 0.1) is 11.3 Å². The highest BCUT2D eigenvalue weighted by Gasteiger charge is 2.48. The molecule has 8 heteroatoms. The van der Waals surface area contributed by atoms with Crippen molar-refractivity contribution in [2.45, 2.75) is 6.17 Å². The molecule has 0 spiro atoms. The average molecular weight is 440 g/mol. The quantitative estimate of drug-likeness (QED) is 0.652. The molecule has 0 aromatic heterocycles. The number of carbonyl (C=O) groups is 4. The highest BCUT2D eigenvalue weighted by atomic mass is 16.2. The number of hydrogen-bond acceptors (Lipinski definition) is 4. The van der Waals surface area contributed by atoms with Crippen LogP contribution in [0.5, 0.6) is 0 Å². The van der Waals surface area contributed by atoms with Gasteiger partial charge in [-0.3, -0.25) is 24.1 Å². The zero-order chi connectivity index (χ0) is 23.1. The Balaban J connectivity index is 1.45. The fraction of sp³-hybridized carbons (Fsp3) is 0.120. The third kappa shape index (κ3) is 3.32. The average Bonchev–Trinajstić information content (AvgIpc) is 3.14. The second-order valence-electron chi connectivity index (χ2n) is 7.79. The number of amides is 4. The van der Waals surface area contributed by atoms with Crippen molar-refractivity contribution in [2.75, 3.05) is 23.8 Å². The maximum atomic E-state index is 13.4. The lowest BCUT2D eigenvalue weighted by Gasteiger charge is -2.40. The Labute approximate surface area is 189 Å². The molecule has 4 amide bonds. The number of nitrogens with one attached hydrogen (secondary N) is 2. The van der Waals surface area contributed by atoms with Crippen LogP contribution in [-0.2, 0) is 4.79 Å². The molecule has 0 aliphatic carbocycles. The number of fused-ring (bicyclic) bond motifs is 5. The third-order valence-electron chi connectivity index (χ3n) is 5.85. The van der Waals surface area contributed by atoms with E-state index in [1.165, 1.54) is 4.90 Å². The third-order valence-corrected chi connectivity index (χ3v) is 5.85. The van der Waals surface area contributed by atoms with Crippen LogP contribution in [0.1, 0.15) is 42.8 Å². The van der Waals surface area contributed by atoms with Crippen LogP contribution in [0.25, 0.3) is 0 Å². The van der Waals surface area contributed by atoms with Crippen LogP contribution in [0, 0.1) is 0 Å².